The minimum absolute atomic E-state index is 0.103. The van der Waals surface area contributed by atoms with Crippen LogP contribution in [0.3, 0.4) is 0 Å². The molecule has 8 heteroatoms. The topological polar surface area (TPSA) is 60.9 Å². The summed E-state index contributed by atoms with van der Waals surface area (Å²) in [6.07, 6.45) is 1.93. The molecule has 1 amide bonds. The molecule has 166 valence electrons. The Kier molecular flexibility index (Phi) is 6.29. The third-order valence-corrected chi connectivity index (χ3v) is 8.00. The number of rotatable bonds is 4. The molecule has 0 saturated carbocycles. The molecule has 2 heterocycles. The molecule has 2 fully saturated rings. The first-order valence-electron chi connectivity index (χ1n) is 10.7. The maximum Gasteiger partial charge on any atom is 0.253 e. The summed E-state index contributed by atoms with van der Waals surface area (Å²) in [4.78, 5) is 17.0. The third kappa shape index (κ3) is 4.75. The Hall–Kier alpha value is -2.45. The first-order valence-corrected chi connectivity index (χ1v) is 12.2. The van der Waals surface area contributed by atoms with Gasteiger partial charge in [0.05, 0.1) is 4.90 Å². The van der Waals surface area contributed by atoms with Gasteiger partial charge in [-0.2, -0.15) is 4.31 Å². The average molecular weight is 446 g/mol. The van der Waals surface area contributed by atoms with E-state index in [2.05, 4.69) is 11.8 Å². The highest BCUT2D eigenvalue weighted by molar-refractivity contribution is 7.89. The SMILES string of the molecule is C[C@@H]1CCCN(S(=O)(=O)c2ccc(C(=O)N3CCN(c4ccc(F)cc4)CC3)cc2)C1. The fourth-order valence-corrected chi connectivity index (χ4v) is 5.88. The lowest BCUT2D eigenvalue weighted by molar-refractivity contribution is 0.0746. The van der Waals surface area contributed by atoms with Crippen LogP contribution in [0, 0.1) is 11.7 Å². The van der Waals surface area contributed by atoms with Gasteiger partial charge >= 0.3 is 0 Å². The van der Waals surface area contributed by atoms with Crippen LogP contribution >= 0.6 is 0 Å². The second-order valence-corrected chi connectivity index (χ2v) is 10.3. The molecule has 2 aliphatic rings. The molecule has 6 nitrogen and oxygen atoms in total. The number of benzene rings is 2. The van der Waals surface area contributed by atoms with Crippen molar-refractivity contribution >= 4 is 21.6 Å². The normalized spacial score (nSPS) is 20.6. The lowest BCUT2D eigenvalue weighted by Gasteiger charge is -2.36. The maximum atomic E-state index is 13.1. The van der Waals surface area contributed by atoms with Crippen molar-refractivity contribution in [1.82, 2.24) is 9.21 Å². The smallest absolute Gasteiger partial charge is 0.253 e. The number of piperidine rings is 1. The summed E-state index contributed by atoms with van der Waals surface area (Å²) in [6, 6.07) is 12.7. The molecule has 0 N–H and O–H groups in total. The van der Waals surface area contributed by atoms with Crippen molar-refractivity contribution in [3.8, 4) is 0 Å². The molecule has 31 heavy (non-hydrogen) atoms. The van der Waals surface area contributed by atoms with Crippen molar-refractivity contribution in [1.29, 1.82) is 0 Å². The van der Waals surface area contributed by atoms with Crippen LogP contribution in [-0.4, -0.2) is 62.8 Å². The molecule has 0 aromatic heterocycles. The van der Waals surface area contributed by atoms with Crippen molar-refractivity contribution < 1.29 is 17.6 Å². The Bertz CT molecular complexity index is 1020. The van der Waals surface area contributed by atoms with Crippen LogP contribution in [-0.2, 0) is 10.0 Å². The molecule has 2 aliphatic heterocycles. The number of carbonyl (C=O) groups excluding carboxylic acids is 1. The minimum atomic E-state index is -3.53. The van der Waals surface area contributed by atoms with Crippen LogP contribution in [0.25, 0.3) is 0 Å². The van der Waals surface area contributed by atoms with Crippen molar-refractivity contribution in [2.45, 2.75) is 24.7 Å². The Morgan fingerprint density at radius 3 is 2.19 bits per heavy atom. The fourth-order valence-electron chi connectivity index (χ4n) is 4.29. The van der Waals surface area contributed by atoms with E-state index >= 15 is 0 Å². The summed E-state index contributed by atoms with van der Waals surface area (Å²) in [5.41, 5.74) is 1.43. The predicted molar refractivity (Wildman–Crippen MR) is 118 cm³/mol. The van der Waals surface area contributed by atoms with Gasteiger partial charge in [0.15, 0.2) is 0 Å². The zero-order chi connectivity index (χ0) is 22.0. The summed E-state index contributed by atoms with van der Waals surface area (Å²) >= 11 is 0. The largest absolute Gasteiger partial charge is 0.368 e. The van der Waals surface area contributed by atoms with Crippen LogP contribution in [0.2, 0.25) is 0 Å². The van der Waals surface area contributed by atoms with E-state index in [9.17, 15) is 17.6 Å². The van der Waals surface area contributed by atoms with Gasteiger partial charge in [0, 0.05) is 50.5 Å². The zero-order valence-corrected chi connectivity index (χ0v) is 18.5. The lowest BCUT2D eigenvalue weighted by atomic mass is 10.0. The van der Waals surface area contributed by atoms with Crippen LogP contribution in [0.1, 0.15) is 30.1 Å². The van der Waals surface area contributed by atoms with Gasteiger partial charge in [-0.15, -0.1) is 0 Å². The van der Waals surface area contributed by atoms with Gasteiger partial charge < -0.3 is 9.80 Å². The molecule has 0 bridgehead atoms. The monoisotopic (exact) mass is 445 g/mol. The van der Waals surface area contributed by atoms with Gasteiger partial charge in [-0.1, -0.05) is 6.92 Å². The van der Waals surface area contributed by atoms with Gasteiger partial charge in [0.2, 0.25) is 10.0 Å². The number of amides is 1. The first kappa shape index (κ1) is 21.8. The first-order chi connectivity index (χ1) is 14.8. The fraction of sp³-hybridized carbons (Fsp3) is 0.435. The summed E-state index contributed by atoms with van der Waals surface area (Å²) < 4.78 is 40.5. The standard InChI is InChI=1S/C23H28FN3O3S/c1-18-3-2-12-27(17-18)31(29,30)22-10-4-19(5-11-22)23(28)26-15-13-25(14-16-26)21-8-6-20(24)7-9-21/h4-11,18H,2-3,12-17H2,1H3/t18-/m1/s1. The average Bonchev–Trinajstić information content (AvgIpc) is 2.79. The molecular formula is C23H28FN3O3S. The van der Waals surface area contributed by atoms with E-state index in [4.69, 9.17) is 0 Å². The van der Waals surface area contributed by atoms with E-state index < -0.39 is 10.0 Å². The number of halogens is 1. The summed E-state index contributed by atoms with van der Waals surface area (Å²) in [5, 5.41) is 0. The quantitative estimate of drug-likeness (QED) is 0.725. The second-order valence-electron chi connectivity index (χ2n) is 8.39. The predicted octanol–water partition coefficient (Wildman–Crippen LogP) is 3.21. The van der Waals surface area contributed by atoms with Crippen LogP contribution in [0.5, 0.6) is 0 Å². The molecule has 0 aliphatic carbocycles. The highest BCUT2D eigenvalue weighted by Gasteiger charge is 2.29. The van der Waals surface area contributed by atoms with E-state index in [0.717, 1.165) is 18.5 Å². The van der Waals surface area contributed by atoms with Crippen LogP contribution in [0.4, 0.5) is 10.1 Å². The van der Waals surface area contributed by atoms with E-state index in [0.29, 0.717) is 50.7 Å². The summed E-state index contributed by atoms with van der Waals surface area (Å²) in [6.45, 7) is 5.60. The number of nitrogens with zero attached hydrogens (tertiary/aromatic N) is 3. The summed E-state index contributed by atoms with van der Waals surface area (Å²) in [5.74, 6) is -0.00919. The molecule has 2 aromatic rings. The molecule has 0 spiro atoms. The maximum absolute atomic E-state index is 13.1. The van der Waals surface area contributed by atoms with Crippen molar-refractivity contribution in [3.05, 3.63) is 59.9 Å². The van der Waals surface area contributed by atoms with E-state index in [1.54, 1.807) is 33.5 Å². The third-order valence-electron chi connectivity index (χ3n) is 6.12. The number of piperazine rings is 1. The van der Waals surface area contributed by atoms with Crippen LogP contribution < -0.4 is 4.90 Å². The Labute approximate surface area is 183 Å². The second kappa shape index (κ2) is 8.96. The Morgan fingerprint density at radius 2 is 1.58 bits per heavy atom. The number of anilines is 1. The minimum Gasteiger partial charge on any atom is -0.368 e. The Morgan fingerprint density at radius 1 is 0.935 bits per heavy atom. The van der Waals surface area contributed by atoms with E-state index in [1.807, 2.05) is 0 Å². The molecule has 0 radical (unpaired) electrons. The lowest BCUT2D eigenvalue weighted by Crippen LogP contribution is -2.48. The number of carbonyl (C=O) groups is 1. The number of sulfonamides is 1. The Balaban J connectivity index is 1.39. The molecule has 2 aromatic carbocycles. The highest BCUT2D eigenvalue weighted by atomic mass is 32.2. The molecule has 2 saturated heterocycles. The van der Waals surface area contributed by atoms with Gasteiger partial charge in [-0.25, -0.2) is 12.8 Å². The molecule has 4 rings (SSSR count). The van der Waals surface area contributed by atoms with E-state index in [1.165, 1.54) is 24.3 Å². The van der Waals surface area contributed by atoms with Gasteiger partial charge in [-0.05, 0) is 67.3 Å². The molecule has 1 atom stereocenters. The van der Waals surface area contributed by atoms with E-state index in [-0.39, 0.29) is 16.6 Å². The molecule has 0 unspecified atom stereocenters. The van der Waals surface area contributed by atoms with Crippen molar-refractivity contribution in [2.75, 3.05) is 44.2 Å². The van der Waals surface area contributed by atoms with Crippen molar-refractivity contribution in [3.63, 3.8) is 0 Å². The number of hydrogen-bond acceptors (Lipinski definition) is 4. The molecular weight excluding hydrogens is 417 g/mol. The van der Waals surface area contributed by atoms with Crippen LogP contribution in [0.15, 0.2) is 53.4 Å². The van der Waals surface area contributed by atoms with Crippen molar-refractivity contribution in [2.24, 2.45) is 5.92 Å². The highest BCUT2D eigenvalue weighted by Crippen LogP contribution is 2.24. The van der Waals surface area contributed by atoms with Gasteiger partial charge in [-0.3, -0.25) is 4.79 Å². The van der Waals surface area contributed by atoms with Gasteiger partial charge in [0.25, 0.3) is 5.91 Å². The summed E-state index contributed by atoms with van der Waals surface area (Å²) in [7, 11) is -3.53. The number of hydrogen-bond donors (Lipinski definition) is 0. The zero-order valence-electron chi connectivity index (χ0n) is 17.7. The van der Waals surface area contributed by atoms with Gasteiger partial charge in [0.1, 0.15) is 5.82 Å².